The van der Waals surface area contributed by atoms with Gasteiger partial charge in [-0.2, -0.15) is 0 Å². The van der Waals surface area contributed by atoms with E-state index >= 15 is 0 Å². The van der Waals surface area contributed by atoms with Crippen molar-refractivity contribution in [3.05, 3.63) is 71.6 Å². The Balaban J connectivity index is 1.26. The van der Waals surface area contributed by atoms with E-state index in [4.69, 9.17) is 28.2 Å². The van der Waals surface area contributed by atoms with Gasteiger partial charge < -0.3 is 25.7 Å². The predicted octanol–water partition coefficient (Wildman–Crippen LogP) is 5.42. The fourth-order valence-electron chi connectivity index (χ4n) is 3.74. The molecule has 0 saturated carbocycles. The molecule has 4 N–H and O–H groups in total. The quantitative estimate of drug-likeness (QED) is 0.314. The van der Waals surface area contributed by atoms with Crippen molar-refractivity contribution >= 4 is 63.5 Å². The summed E-state index contributed by atoms with van der Waals surface area (Å²) in [6.45, 7) is 2.28. The molecule has 10 heteroatoms. The number of nitrogens with zero attached hydrogens (tertiary/aromatic N) is 1. The summed E-state index contributed by atoms with van der Waals surface area (Å²) < 4.78 is 5.08. The van der Waals surface area contributed by atoms with Gasteiger partial charge in [0.15, 0.2) is 10.9 Å². The number of hydrogen-bond acceptors (Lipinski definition) is 5. The number of hydrogen-bond donors (Lipinski definition) is 4. The Kier molecular flexibility index (Phi) is 8.36. The fraction of sp³-hybridized carbons (Fsp3) is 0.240. The van der Waals surface area contributed by atoms with Crippen molar-refractivity contribution in [1.29, 1.82) is 0 Å². The van der Waals surface area contributed by atoms with Crippen LogP contribution in [0.4, 0.5) is 22.7 Å². The van der Waals surface area contributed by atoms with Crippen molar-refractivity contribution in [3.63, 3.8) is 0 Å². The Morgan fingerprint density at radius 3 is 2.20 bits per heavy atom. The van der Waals surface area contributed by atoms with E-state index in [1.54, 1.807) is 54.6 Å². The molecule has 1 aliphatic rings. The molecule has 1 aromatic heterocycles. The van der Waals surface area contributed by atoms with Crippen LogP contribution in [0.3, 0.4) is 0 Å². The van der Waals surface area contributed by atoms with Gasteiger partial charge in [0.1, 0.15) is 0 Å². The molecule has 4 rings (SSSR count). The van der Waals surface area contributed by atoms with E-state index in [0.29, 0.717) is 33.7 Å². The number of benzene rings is 2. The zero-order valence-electron chi connectivity index (χ0n) is 19.0. The van der Waals surface area contributed by atoms with Gasteiger partial charge in [0.25, 0.3) is 5.91 Å². The van der Waals surface area contributed by atoms with E-state index in [1.807, 2.05) is 0 Å². The van der Waals surface area contributed by atoms with E-state index in [0.717, 1.165) is 31.6 Å². The average Bonchev–Trinajstić information content (AvgIpc) is 3.38. The first-order chi connectivity index (χ1) is 17.0. The third-order valence-corrected chi connectivity index (χ3v) is 5.98. The molecule has 8 nitrogen and oxygen atoms in total. The van der Waals surface area contributed by atoms with Crippen molar-refractivity contribution in [2.45, 2.75) is 19.3 Å². The molecular formula is C25H26ClN5O3S. The maximum absolute atomic E-state index is 12.4. The summed E-state index contributed by atoms with van der Waals surface area (Å²) in [4.78, 5) is 26.6. The van der Waals surface area contributed by atoms with Crippen molar-refractivity contribution in [1.82, 2.24) is 4.90 Å². The number of nitrogens with one attached hydrogen (secondary N) is 4. The molecule has 182 valence electrons. The van der Waals surface area contributed by atoms with E-state index < -0.39 is 0 Å². The molecule has 0 atom stereocenters. The van der Waals surface area contributed by atoms with Gasteiger partial charge in [-0.25, -0.2) is 0 Å². The van der Waals surface area contributed by atoms with Crippen LogP contribution in [0.5, 0.6) is 0 Å². The third-order valence-electron chi connectivity index (χ3n) is 5.46. The van der Waals surface area contributed by atoms with Crippen LogP contribution in [0.1, 0.15) is 29.8 Å². The number of halogens is 1. The first kappa shape index (κ1) is 24.7. The van der Waals surface area contributed by atoms with E-state index in [-0.39, 0.29) is 17.6 Å². The normalized spacial score (nSPS) is 13.6. The van der Waals surface area contributed by atoms with Crippen molar-refractivity contribution < 1.29 is 14.0 Å². The molecule has 1 saturated heterocycles. The summed E-state index contributed by atoms with van der Waals surface area (Å²) in [6.07, 6.45) is 4.94. The lowest BCUT2D eigenvalue weighted by Gasteiger charge is -2.25. The first-order valence-electron chi connectivity index (χ1n) is 11.3. The smallest absolute Gasteiger partial charge is 0.291 e. The number of amides is 2. The fourth-order valence-corrected chi connectivity index (χ4v) is 4.20. The topological polar surface area (TPSA) is 98.6 Å². The van der Waals surface area contributed by atoms with Crippen LogP contribution in [0.15, 0.2) is 65.3 Å². The zero-order valence-corrected chi connectivity index (χ0v) is 20.5. The molecule has 0 spiro atoms. The maximum Gasteiger partial charge on any atom is 0.291 e. The largest absolute Gasteiger partial charge is 0.459 e. The van der Waals surface area contributed by atoms with Gasteiger partial charge >= 0.3 is 0 Å². The van der Waals surface area contributed by atoms with Gasteiger partial charge in [0.05, 0.1) is 23.5 Å². The summed E-state index contributed by atoms with van der Waals surface area (Å²) in [5, 5.41) is 12.6. The Bertz CT molecular complexity index is 1180. The Morgan fingerprint density at radius 1 is 0.886 bits per heavy atom. The van der Waals surface area contributed by atoms with Crippen LogP contribution in [0.25, 0.3) is 0 Å². The molecule has 0 bridgehead atoms. The lowest BCUT2D eigenvalue weighted by Crippen LogP contribution is -2.36. The molecule has 3 aromatic rings. The maximum atomic E-state index is 12.4. The lowest BCUT2D eigenvalue weighted by molar-refractivity contribution is -0.117. The monoisotopic (exact) mass is 511 g/mol. The minimum absolute atomic E-state index is 0.0736. The Labute approximate surface area is 214 Å². The molecule has 0 radical (unpaired) electrons. The standard InChI is InChI=1S/C25H26ClN5O3S/c26-20-15-19(10-11-21(20)30-23(32)16-31-12-2-1-3-13-31)29-25(35)28-18-8-6-17(7-9-18)27-24(33)22-5-4-14-34-22/h4-11,14-15H,1-3,12-13,16H2,(H,27,33)(H,30,32)(H2,28,29,35). The van der Waals surface area contributed by atoms with Gasteiger partial charge in [-0.15, -0.1) is 0 Å². The van der Waals surface area contributed by atoms with Gasteiger partial charge in [-0.3, -0.25) is 14.5 Å². The molecule has 35 heavy (non-hydrogen) atoms. The highest BCUT2D eigenvalue weighted by Crippen LogP contribution is 2.26. The number of furan rings is 1. The highest BCUT2D eigenvalue weighted by Gasteiger charge is 2.15. The highest BCUT2D eigenvalue weighted by atomic mass is 35.5. The minimum atomic E-state index is -0.323. The number of piperidine rings is 1. The first-order valence-corrected chi connectivity index (χ1v) is 12.1. The summed E-state index contributed by atoms with van der Waals surface area (Å²) >= 11 is 11.8. The molecule has 2 aromatic carbocycles. The molecule has 2 heterocycles. The van der Waals surface area contributed by atoms with Crippen LogP contribution < -0.4 is 21.3 Å². The highest BCUT2D eigenvalue weighted by molar-refractivity contribution is 7.80. The van der Waals surface area contributed by atoms with Crippen molar-refractivity contribution in [2.24, 2.45) is 0 Å². The minimum Gasteiger partial charge on any atom is -0.459 e. The molecule has 0 aliphatic carbocycles. The summed E-state index contributed by atoms with van der Waals surface area (Å²) in [6, 6.07) is 15.6. The van der Waals surface area contributed by atoms with E-state index in [2.05, 4.69) is 26.2 Å². The van der Waals surface area contributed by atoms with Crippen LogP contribution in [-0.4, -0.2) is 41.5 Å². The van der Waals surface area contributed by atoms with Gasteiger partial charge in [0, 0.05) is 17.1 Å². The van der Waals surface area contributed by atoms with E-state index in [9.17, 15) is 9.59 Å². The number of carbonyl (C=O) groups excluding carboxylic acids is 2. The van der Waals surface area contributed by atoms with Crippen LogP contribution in [-0.2, 0) is 4.79 Å². The number of rotatable bonds is 7. The second-order valence-electron chi connectivity index (χ2n) is 8.17. The Morgan fingerprint density at radius 2 is 1.54 bits per heavy atom. The molecular weight excluding hydrogens is 486 g/mol. The zero-order chi connectivity index (χ0) is 24.6. The summed E-state index contributed by atoms with van der Waals surface area (Å²) in [5.41, 5.74) is 2.61. The van der Waals surface area contributed by atoms with Crippen LogP contribution in [0.2, 0.25) is 5.02 Å². The van der Waals surface area contributed by atoms with Crippen molar-refractivity contribution in [2.75, 3.05) is 40.9 Å². The van der Waals surface area contributed by atoms with E-state index in [1.165, 1.54) is 12.7 Å². The molecule has 1 aliphatic heterocycles. The number of anilines is 4. The average molecular weight is 512 g/mol. The van der Waals surface area contributed by atoms with Crippen LogP contribution >= 0.6 is 23.8 Å². The second kappa shape index (κ2) is 11.8. The molecule has 2 amide bonds. The Hall–Kier alpha value is -3.40. The summed E-state index contributed by atoms with van der Waals surface area (Å²) in [5.74, 6) is -0.157. The van der Waals surface area contributed by atoms with Gasteiger partial charge in [-0.1, -0.05) is 18.0 Å². The lowest BCUT2D eigenvalue weighted by atomic mass is 10.1. The third kappa shape index (κ3) is 7.29. The molecule has 1 fully saturated rings. The number of likely N-dealkylation sites (tertiary alicyclic amines) is 1. The SMILES string of the molecule is O=C(CN1CCCCC1)Nc1ccc(NC(=S)Nc2ccc(NC(=O)c3ccco3)cc2)cc1Cl. The number of carbonyl (C=O) groups is 2. The van der Waals surface area contributed by atoms with Gasteiger partial charge in [-0.05, 0) is 92.7 Å². The number of thiocarbonyl (C=S) groups is 1. The summed E-state index contributed by atoms with van der Waals surface area (Å²) in [7, 11) is 0. The molecule has 0 unspecified atom stereocenters. The van der Waals surface area contributed by atoms with Crippen LogP contribution in [0, 0.1) is 0 Å². The van der Waals surface area contributed by atoms with Crippen molar-refractivity contribution in [3.8, 4) is 0 Å². The second-order valence-corrected chi connectivity index (χ2v) is 8.98. The predicted molar refractivity (Wildman–Crippen MR) is 143 cm³/mol. The van der Waals surface area contributed by atoms with Gasteiger partial charge in [0.2, 0.25) is 5.91 Å².